The smallest absolute Gasteiger partial charge is 0.472 e. The number of esters is 1. The fraction of sp³-hybridized carbons (Fsp3) is 0.795. The Morgan fingerprint density at radius 1 is 0.640 bits per heavy atom. The lowest BCUT2D eigenvalue weighted by molar-refractivity contribution is -0.154. The van der Waals surface area contributed by atoms with Crippen molar-refractivity contribution < 1.29 is 42.7 Å². The molecule has 0 heterocycles. The molecule has 0 rings (SSSR count). The van der Waals surface area contributed by atoms with Gasteiger partial charge in [-0.25, -0.2) is 4.57 Å². The number of hydrogen-bond donors (Lipinski definition) is 3. The number of hydrogen-bond acceptors (Lipinski definition) is 8. The van der Waals surface area contributed by atoms with E-state index in [0.29, 0.717) is 13.0 Å². The molecule has 50 heavy (non-hydrogen) atoms. The molecule has 0 spiro atoms. The van der Waals surface area contributed by atoms with Crippen LogP contribution in [-0.2, 0) is 32.7 Å². The second-order valence-corrected chi connectivity index (χ2v) is 14.5. The van der Waals surface area contributed by atoms with Crippen LogP contribution in [0, 0.1) is 0 Å². The highest BCUT2D eigenvalue weighted by Gasteiger charge is 2.27. The molecule has 0 fully saturated rings. The summed E-state index contributed by atoms with van der Waals surface area (Å²) >= 11 is 0. The van der Waals surface area contributed by atoms with Gasteiger partial charge in [0.15, 0.2) is 0 Å². The first-order valence-electron chi connectivity index (χ1n) is 19.5. The first-order chi connectivity index (χ1) is 24.2. The second-order valence-electron chi connectivity index (χ2n) is 13.0. The minimum atomic E-state index is -4.61. The van der Waals surface area contributed by atoms with E-state index in [1.807, 2.05) is 0 Å². The summed E-state index contributed by atoms with van der Waals surface area (Å²) in [5.74, 6) is -1.79. The molecule has 0 radical (unpaired) electrons. The molecule has 4 N–H and O–H groups in total. The van der Waals surface area contributed by atoms with E-state index in [9.17, 15) is 19.0 Å². The van der Waals surface area contributed by atoms with E-state index in [1.54, 1.807) is 0 Å². The van der Waals surface area contributed by atoms with Crippen molar-refractivity contribution in [3.05, 3.63) is 36.5 Å². The third kappa shape index (κ3) is 34.6. The average molecular weight is 730 g/mol. The number of nitrogens with two attached hydrogens (primary N) is 1. The molecule has 10 nitrogen and oxygen atoms in total. The summed E-state index contributed by atoms with van der Waals surface area (Å²) < 4.78 is 33.2. The summed E-state index contributed by atoms with van der Waals surface area (Å²) in [5, 5.41) is 8.87. The SMILES string of the molecule is CCCC/C=C\C/C=C\CCCCCCCCOCC(COP(=O)(O)OCC(N)C(=O)O)OC(=O)CCCCCCC/C=C\CCCCCC. The van der Waals surface area contributed by atoms with Crippen LogP contribution >= 0.6 is 7.82 Å². The predicted octanol–water partition coefficient (Wildman–Crippen LogP) is 10.1. The van der Waals surface area contributed by atoms with Gasteiger partial charge < -0.3 is 25.2 Å². The van der Waals surface area contributed by atoms with Crippen molar-refractivity contribution in [3.63, 3.8) is 0 Å². The maximum Gasteiger partial charge on any atom is 0.472 e. The van der Waals surface area contributed by atoms with Gasteiger partial charge in [0.25, 0.3) is 0 Å². The Bertz CT molecular complexity index is 941. The summed E-state index contributed by atoms with van der Waals surface area (Å²) in [6.07, 6.45) is 37.6. The zero-order valence-corrected chi connectivity index (χ0v) is 32.4. The normalized spacial score (nSPS) is 14.5. The second kappa shape index (κ2) is 35.6. The van der Waals surface area contributed by atoms with Crippen LogP contribution in [-0.4, -0.2) is 60.5 Å². The molecule has 0 aliphatic rings. The van der Waals surface area contributed by atoms with Gasteiger partial charge in [-0.1, -0.05) is 127 Å². The largest absolute Gasteiger partial charge is 0.480 e. The van der Waals surface area contributed by atoms with Crippen LogP contribution in [0.25, 0.3) is 0 Å². The average Bonchev–Trinajstić information content (AvgIpc) is 3.09. The van der Waals surface area contributed by atoms with Crippen LogP contribution in [0.15, 0.2) is 36.5 Å². The highest BCUT2D eigenvalue weighted by molar-refractivity contribution is 7.47. The zero-order valence-electron chi connectivity index (χ0n) is 31.5. The highest BCUT2D eigenvalue weighted by atomic mass is 31.2. The van der Waals surface area contributed by atoms with Gasteiger partial charge in [0.05, 0.1) is 19.8 Å². The molecule has 0 bridgehead atoms. The van der Waals surface area contributed by atoms with E-state index in [2.05, 4.69) is 50.3 Å². The minimum Gasteiger partial charge on any atom is -0.480 e. The van der Waals surface area contributed by atoms with Crippen molar-refractivity contribution >= 4 is 19.8 Å². The van der Waals surface area contributed by atoms with Gasteiger partial charge in [0.2, 0.25) is 0 Å². The highest BCUT2D eigenvalue weighted by Crippen LogP contribution is 2.43. The predicted molar refractivity (Wildman–Crippen MR) is 203 cm³/mol. The van der Waals surface area contributed by atoms with Gasteiger partial charge >= 0.3 is 19.8 Å². The molecule has 0 aliphatic carbocycles. The van der Waals surface area contributed by atoms with Crippen molar-refractivity contribution in [2.75, 3.05) is 26.4 Å². The van der Waals surface area contributed by atoms with Gasteiger partial charge in [-0.2, -0.15) is 0 Å². The monoisotopic (exact) mass is 729 g/mol. The van der Waals surface area contributed by atoms with Gasteiger partial charge in [-0.15, -0.1) is 0 Å². The lowest BCUT2D eigenvalue weighted by Crippen LogP contribution is -2.34. The molecule has 3 unspecified atom stereocenters. The van der Waals surface area contributed by atoms with Crippen LogP contribution in [0.5, 0.6) is 0 Å². The van der Waals surface area contributed by atoms with Crippen molar-refractivity contribution in [3.8, 4) is 0 Å². The van der Waals surface area contributed by atoms with Crippen molar-refractivity contribution in [2.45, 2.75) is 174 Å². The Balaban J connectivity index is 4.33. The molecule has 0 aromatic carbocycles. The van der Waals surface area contributed by atoms with E-state index in [0.717, 1.165) is 70.6 Å². The van der Waals surface area contributed by atoms with Crippen LogP contribution < -0.4 is 5.73 Å². The number of carbonyl (C=O) groups is 2. The molecule has 0 saturated heterocycles. The number of carboxylic acids is 1. The fourth-order valence-corrected chi connectivity index (χ4v) is 5.80. The molecule has 0 aromatic heterocycles. The summed E-state index contributed by atoms with van der Waals surface area (Å²) in [4.78, 5) is 33.4. The molecule has 0 saturated carbocycles. The number of rotatable bonds is 37. The van der Waals surface area contributed by atoms with Gasteiger partial charge in [0.1, 0.15) is 12.1 Å². The molecule has 292 valence electrons. The van der Waals surface area contributed by atoms with Gasteiger partial charge in [0, 0.05) is 13.0 Å². The van der Waals surface area contributed by atoms with Crippen LogP contribution in [0.3, 0.4) is 0 Å². The first kappa shape index (κ1) is 48.2. The van der Waals surface area contributed by atoms with E-state index in [4.69, 9.17) is 29.4 Å². The van der Waals surface area contributed by atoms with E-state index in [1.165, 1.54) is 64.2 Å². The molecule has 3 atom stereocenters. The maximum absolute atomic E-state index is 12.6. The lowest BCUT2D eigenvalue weighted by atomic mass is 10.1. The number of unbranched alkanes of at least 4 members (excludes halogenated alkanes) is 17. The molecule has 0 amide bonds. The summed E-state index contributed by atoms with van der Waals surface area (Å²) in [6, 6.07) is -1.47. The third-order valence-electron chi connectivity index (χ3n) is 8.14. The zero-order chi connectivity index (χ0) is 37.0. The Hall–Kier alpha value is -1.81. The topological polar surface area (TPSA) is 155 Å². The summed E-state index contributed by atoms with van der Waals surface area (Å²) in [7, 11) is -4.61. The number of ether oxygens (including phenoxy) is 2. The van der Waals surface area contributed by atoms with Crippen molar-refractivity contribution in [2.24, 2.45) is 5.73 Å². The van der Waals surface area contributed by atoms with E-state index < -0.39 is 45.1 Å². The van der Waals surface area contributed by atoms with Gasteiger partial charge in [-0.3, -0.25) is 18.6 Å². The lowest BCUT2D eigenvalue weighted by Gasteiger charge is -2.20. The molecule has 0 aliphatic heterocycles. The maximum atomic E-state index is 12.6. The van der Waals surface area contributed by atoms with Crippen molar-refractivity contribution in [1.29, 1.82) is 0 Å². The Morgan fingerprint density at radius 2 is 1.12 bits per heavy atom. The standard InChI is InChI=1S/C39H72NO9P/c1-3-5-7-9-11-13-15-17-18-20-22-24-26-28-30-32-46-33-36(34-47-50(44,45)48-35-37(40)39(42)43)49-38(41)31-29-27-25-23-21-19-16-14-12-10-8-6-4-2/h9,11,14-17,36-37H,3-8,10,12-13,18-35,40H2,1-2H3,(H,42,43)(H,44,45)/b11-9-,16-14-,17-15-. The van der Waals surface area contributed by atoms with Crippen LogP contribution in [0.2, 0.25) is 0 Å². The van der Waals surface area contributed by atoms with Gasteiger partial charge in [-0.05, 0) is 64.2 Å². The number of phosphoric acid groups is 1. The number of carbonyl (C=O) groups excluding carboxylic acids is 1. The number of aliphatic carboxylic acids is 1. The summed E-state index contributed by atoms with van der Waals surface area (Å²) in [5.41, 5.74) is 5.34. The molecular formula is C39H72NO9P. The number of carboxylic acid groups (broad SMARTS) is 1. The van der Waals surface area contributed by atoms with E-state index >= 15 is 0 Å². The Kier molecular flexibility index (Phi) is 34.3. The Labute approximate surface area is 304 Å². The van der Waals surface area contributed by atoms with Crippen LogP contribution in [0.4, 0.5) is 0 Å². The third-order valence-corrected chi connectivity index (χ3v) is 9.09. The van der Waals surface area contributed by atoms with Crippen molar-refractivity contribution in [1.82, 2.24) is 0 Å². The van der Waals surface area contributed by atoms with Crippen LogP contribution in [0.1, 0.15) is 162 Å². The fourth-order valence-electron chi connectivity index (χ4n) is 5.02. The number of allylic oxidation sites excluding steroid dienone is 6. The molecule has 0 aromatic rings. The minimum absolute atomic E-state index is 0.00658. The molecular weight excluding hydrogens is 657 g/mol. The quantitative estimate of drug-likeness (QED) is 0.0243. The number of phosphoric ester groups is 1. The van der Waals surface area contributed by atoms with E-state index in [-0.39, 0.29) is 13.0 Å². The Morgan fingerprint density at radius 3 is 1.70 bits per heavy atom. The molecule has 11 heteroatoms. The summed E-state index contributed by atoms with van der Waals surface area (Å²) in [6.45, 7) is 3.78. The first-order valence-corrected chi connectivity index (χ1v) is 21.0.